The summed E-state index contributed by atoms with van der Waals surface area (Å²) in [7, 11) is 0. The Hall–Kier alpha value is -2.12. The number of hydrogen-bond donors (Lipinski definition) is 2. The van der Waals surface area contributed by atoms with E-state index in [-0.39, 0.29) is 17.3 Å². The van der Waals surface area contributed by atoms with Crippen molar-refractivity contribution in [2.24, 2.45) is 0 Å². The van der Waals surface area contributed by atoms with Gasteiger partial charge in [0.25, 0.3) is 0 Å². The van der Waals surface area contributed by atoms with Crippen molar-refractivity contribution in [3.8, 4) is 0 Å². The van der Waals surface area contributed by atoms with E-state index in [1.807, 2.05) is 0 Å². The lowest BCUT2D eigenvalue weighted by Gasteiger charge is -2.14. The summed E-state index contributed by atoms with van der Waals surface area (Å²) in [5, 5.41) is 5.03. The van der Waals surface area contributed by atoms with Gasteiger partial charge < -0.3 is 10.6 Å². The third-order valence-electron chi connectivity index (χ3n) is 2.93. The van der Waals surface area contributed by atoms with E-state index >= 15 is 0 Å². The van der Waals surface area contributed by atoms with Crippen molar-refractivity contribution in [1.82, 2.24) is 10.3 Å². The highest BCUT2D eigenvalue weighted by molar-refractivity contribution is 6.30. The molecule has 0 aliphatic heterocycles. The molecule has 1 aromatic carbocycles. The van der Waals surface area contributed by atoms with Crippen molar-refractivity contribution in [2.45, 2.75) is 12.7 Å². The molecule has 122 valence electrons. The van der Waals surface area contributed by atoms with Gasteiger partial charge in [0.1, 0.15) is 0 Å². The molecule has 2 N–H and O–H groups in total. The number of rotatable bonds is 5. The fourth-order valence-electron chi connectivity index (χ4n) is 1.88. The van der Waals surface area contributed by atoms with Crippen LogP contribution in [0.2, 0.25) is 5.02 Å². The van der Waals surface area contributed by atoms with Crippen LogP contribution < -0.4 is 10.6 Å². The number of carbonyl (C=O) groups excluding carboxylic acids is 1. The van der Waals surface area contributed by atoms with Crippen molar-refractivity contribution in [1.29, 1.82) is 0 Å². The number of benzene rings is 1. The van der Waals surface area contributed by atoms with Crippen molar-refractivity contribution in [2.75, 3.05) is 11.9 Å². The molecular formula is C15H13ClF3N3O. The number of hydrogen-bond acceptors (Lipinski definition) is 3. The molecule has 0 radical (unpaired) electrons. The van der Waals surface area contributed by atoms with Gasteiger partial charge in [-0.05, 0) is 35.9 Å². The van der Waals surface area contributed by atoms with Crippen LogP contribution in [0.3, 0.4) is 0 Å². The third kappa shape index (κ3) is 5.22. The molecule has 0 atom stereocenters. The highest BCUT2D eigenvalue weighted by Crippen LogP contribution is 2.36. The number of nitrogens with zero attached hydrogens (tertiary/aromatic N) is 1. The number of pyridine rings is 1. The van der Waals surface area contributed by atoms with Crippen LogP contribution in [-0.2, 0) is 17.5 Å². The van der Waals surface area contributed by atoms with Crippen LogP contribution in [0.25, 0.3) is 0 Å². The maximum atomic E-state index is 12.9. The zero-order valence-electron chi connectivity index (χ0n) is 11.8. The number of aromatic nitrogens is 1. The monoisotopic (exact) mass is 343 g/mol. The van der Waals surface area contributed by atoms with Crippen molar-refractivity contribution < 1.29 is 18.0 Å². The van der Waals surface area contributed by atoms with E-state index in [0.29, 0.717) is 6.54 Å². The molecule has 0 unspecified atom stereocenters. The van der Waals surface area contributed by atoms with E-state index in [0.717, 1.165) is 17.7 Å². The average molecular weight is 344 g/mol. The van der Waals surface area contributed by atoms with E-state index in [1.165, 1.54) is 6.07 Å². The second kappa shape index (κ2) is 7.43. The largest absolute Gasteiger partial charge is 0.418 e. The standard InChI is InChI=1S/C15H13ClF3N3O/c16-11-1-2-13(12(7-11)15(17,18)19)22-14(23)9-21-8-10-3-5-20-6-4-10/h1-7,21H,8-9H2,(H,22,23). The topological polar surface area (TPSA) is 54.0 Å². The Bertz CT molecular complexity index is 677. The first kappa shape index (κ1) is 17.2. The minimum atomic E-state index is -4.60. The minimum Gasteiger partial charge on any atom is -0.324 e. The fraction of sp³-hybridized carbons (Fsp3) is 0.200. The molecule has 8 heteroatoms. The van der Waals surface area contributed by atoms with E-state index in [2.05, 4.69) is 15.6 Å². The summed E-state index contributed by atoms with van der Waals surface area (Å²) in [5.41, 5.74) is -0.389. The van der Waals surface area contributed by atoms with Gasteiger partial charge in [-0.2, -0.15) is 13.2 Å². The van der Waals surface area contributed by atoms with E-state index < -0.39 is 17.6 Å². The number of amides is 1. The zero-order chi connectivity index (χ0) is 16.9. The van der Waals surface area contributed by atoms with Crippen LogP contribution in [0.4, 0.5) is 18.9 Å². The Balaban J connectivity index is 1.95. The summed E-state index contributed by atoms with van der Waals surface area (Å²) >= 11 is 5.58. The molecule has 2 rings (SSSR count). The van der Waals surface area contributed by atoms with Gasteiger partial charge in [-0.1, -0.05) is 11.6 Å². The average Bonchev–Trinajstić information content (AvgIpc) is 2.49. The number of anilines is 1. The van der Waals surface area contributed by atoms with Crippen LogP contribution >= 0.6 is 11.6 Å². The lowest BCUT2D eigenvalue weighted by molar-refractivity contribution is -0.137. The van der Waals surface area contributed by atoms with Gasteiger partial charge in [-0.15, -0.1) is 0 Å². The van der Waals surface area contributed by atoms with E-state index in [4.69, 9.17) is 11.6 Å². The molecule has 23 heavy (non-hydrogen) atoms. The first-order valence-electron chi connectivity index (χ1n) is 6.62. The van der Waals surface area contributed by atoms with Crippen LogP contribution in [0, 0.1) is 0 Å². The first-order chi connectivity index (χ1) is 10.9. The van der Waals surface area contributed by atoms with Crippen LogP contribution in [0.15, 0.2) is 42.7 Å². The predicted molar refractivity (Wildman–Crippen MR) is 81.0 cm³/mol. The maximum Gasteiger partial charge on any atom is 0.418 e. The fourth-order valence-corrected chi connectivity index (χ4v) is 2.05. The Labute approximate surface area is 135 Å². The second-order valence-electron chi connectivity index (χ2n) is 4.69. The van der Waals surface area contributed by atoms with Gasteiger partial charge in [0.15, 0.2) is 0 Å². The highest BCUT2D eigenvalue weighted by Gasteiger charge is 2.34. The molecule has 0 spiro atoms. The van der Waals surface area contributed by atoms with Crippen LogP contribution in [0.5, 0.6) is 0 Å². The highest BCUT2D eigenvalue weighted by atomic mass is 35.5. The van der Waals surface area contributed by atoms with Gasteiger partial charge in [0.05, 0.1) is 17.8 Å². The maximum absolute atomic E-state index is 12.9. The van der Waals surface area contributed by atoms with Gasteiger partial charge in [0.2, 0.25) is 5.91 Å². The van der Waals surface area contributed by atoms with E-state index in [1.54, 1.807) is 24.5 Å². The summed E-state index contributed by atoms with van der Waals surface area (Å²) in [6, 6.07) is 6.74. The molecule has 2 aromatic rings. The number of carbonyl (C=O) groups is 1. The summed E-state index contributed by atoms with van der Waals surface area (Å²) in [6.07, 6.45) is -1.38. The van der Waals surface area contributed by atoms with E-state index in [9.17, 15) is 18.0 Å². The van der Waals surface area contributed by atoms with Crippen LogP contribution in [0.1, 0.15) is 11.1 Å². The Morgan fingerprint density at radius 2 is 1.87 bits per heavy atom. The second-order valence-corrected chi connectivity index (χ2v) is 5.13. The summed E-state index contributed by atoms with van der Waals surface area (Å²) in [6.45, 7) is 0.283. The third-order valence-corrected chi connectivity index (χ3v) is 3.16. The first-order valence-corrected chi connectivity index (χ1v) is 7.00. The Morgan fingerprint density at radius 3 is 2.52 bits per heavy atom. The molecule has 0 aliphatic carbocycles. The molecule has 1 heterocycles. The number of halogens is 4. The summed E-state index contributed by atoms with van der Waals surface area (Å²) < 4.78 is 38.8. The summed E-state index contributed by atoms with van der Waals surface area (Å²) in [4.78, 5) is 15.6. The van der Waals surface area contributed by atoms with Gasteiger partial charge in [-0.25, -0.2) is 0 Å². The van der Waals surface area contributed by atoms with Crippen molar-refractivity contribution in [3.05, 3.63) is 58.9 Å². The van der Waals surface area contributed by atoms with Crippen molar-refractivity contribution in [3.63, 3.8) is 0 Å². The predicted octanol–water partition coefficient (Wildman–Crippen LogP) is 3.48. The minimum absolute atomic E-state index is 0.0499. The molecule has 1 aromatic heterocycles. The Kier molecular flexibility index (Phi) is 5.57. The quantitative estimate of drug-likeness (QED) is 0.874. The molecule has 0 fully saturated rings. The molecule has 4 nitrogen and oxygen atoms in total. The zero-order valence-corrected chi connectivity index (χ0v) is 12.6. The molecule has 0 bridgehead atoms. The SMILES string of the molecule is O=C(CNCc1ccncc1)Nc1ccc(Cl)cc1C(F)(F)F. The molecule has 1 amide bonds. The molecular weight excluding hydrogens is 331 g/mol. The number of nitrogens with one attached hydrogen (secondary N) is 2. The number of alkyl halides is 3. The van der Waals surface area contributed by atoms with Crippen molar-refractivity contribution >= 4 is 23.2 Å². The smallest absolute Gasteiger partial charge is 0.324 e. The lowest BCUT2D eigenvalue weighted by Crippen LogP contribution is -2.28. The molecule has 0 saturated heterocycles. The Morgan fingerprint density at radius 1 is 1.17 bits per heavy atom. The lowest BCUT2D eigenvalue weighted by atomic mass is 10.1. The summed E-state index contributed by atoms with van der Waals surface area (Å²) in [5.74, 6) is -0.577. The normalized spacial score (nSPS) is 11.3. The molecule has 0 saturated carbocycles. The van der Waals surface area contributed by atoms with Gasteiger partial charge >= 0.3 is 6.18 Å². The van der Waals surface area contributed by atoms with Gasteiger partial charge in [0, 0.05) is 24.0 Å². The molecule has 0 aliphatic rings. The van der Waals surface area contributed by atoms with Gasteiger partial charge in [-0.3, -0.25) is 9.78 Å². The van der Waals surface area contributed by atoms with Crippen LogP contribution in [-0.4, -0.2) is 17.4 Å².